The van der Waals surface area contributed by atoms with E-state index >= 15 is 0 Å². The van der Waals surface area contributed by atoms with Crippen LogP contribution < -0.4 is 4.74 Å². The summed E-state index contributed by atoms with van der Waals surface area (Å²) in [5, 5.41) is 9.56. The highest BCUT2D eigenvalue weighted by atomic mass is 79.9. The van der Waals surface area contributed by atoms with Gasteiger partial charge in [0.25, 0.3) is 0 Å². The first-order valence-corrected chi connectivity index (χ1v) is 9.54. The number of nitriles is 1. The summed E-state index contributed by atoms with van der Waals surface area (Å²) < 4.78 is 6.85. The molecule has 1 fully saturated rings. The summed E-state index contributed by atoms with van der Waals surface area (Å²) in [6, 6.07) is 8.31. The molecule has 0 aliphatic carbocycles. The second-order valence-electron chi connectivity index (χ2n) is 5.33. The quantitative estimate of drug-likeness (QED) is 0.444. The Morgan fingerprint density at radius 2 is 2.17 bits per heavy atom. The molecule has 1 aliphatic heterocycles. The molecular formula is C16H21BrN4OS. The Balaban J connectivity index is 1.79. The van der Waals surface area contributed by atoms with Crippen molar-refractivity contribution in [2.45, 2.75) is 13.0 Å². The van der Waals surface area contributed by atoms with E-state index in [0.717, 1.165) is 41.6 Å². The zero-order valence-electron chi connectivity index (χ0n) is 13.4. The number of hydrogen-bond acceptors (Lipinski definition) is 5. The fraction of sp³-hybridized carbons (Fsp3) is 0.500. The second kappa shape index (κ2) is 9.16. The number of rotatable bonds is 4. The van der Waals surface area contributed by atoms with Crippen molar-refractivity contribution in [2.75, 3.05) is 39.0 Å². The number of aliphatic imine (C=N–C) groups is 1. The van der Waals surface area contributed by atoms with Gasteiger partial charge in [-0.1, -0.05) is 27.7 Å². The third-order valence-electron chi connectivity index (χ3n) is 3.82. The van der Waals surface area contributed by atoms with Crippen LogP contribution in [0, 0.1) is 11.5 Å². The average molecular weight is 397 g/mol. The molecular weight excluding hydrogens is 376 g/mol. The first-order valence-electron chi connectivity index (χ1n) is 7.52. The van der Waals surface area contributed by atoms with Gasteiger partial charge in [0.1, 0.15) is 12.4 Å². The monoisotopic (exact) mass is 396 g/mol. The molecule has 1 aromatic rings. The van der Waals surface area contributed by atoms with E-state index in [1.807, 2.05) is 36.7 Å². The Bertz CT molecular complexity index is 572. The summed E-state index contributed by atoms with van der Waals surface area (Å²) >= 11 is 4.95. The molecule has 1 unspecified atom stereocenters. The van der Waals surface area contributed by atoms with Crippen molar-refractivity contribution in [1.29, 1.82) is 5.26 Å². The predicted molar refractivity (Wildman–Crippen MR) is 98.8 cm³/mol. The number of thioether (sulfide) groups is 1. The number of halogens is 1. The molecule has 0 saturated carbocycles. The molecule has 0 spiro atoms. The lowest BCUT2D eigenvalue weighted by Crippen LogP contribution is -2.53. The average Bonchev–Trinajstić information content (AvgIpc) is 2.56. The largest absolute Gasteiger partial charge is 0.492 e. The highest BCUT2D eigenvalue weighted by Crippen LogP contribution is 2.17. The maximum Gasteiger partial charge on any atom is 0.208 e. The Labute approximate surface area is 150 Å². The fourth-order valence-electron chi connectivity index (χ4n) is 2.60. The topological polar surface area (TPSA) is 51.9 Å². The lowest BCUT2D eigenvalue weighted by atomic mass is 10.2. The number of hydrogen-bond donors (Lipinski definition) is 0. The van der Waals surface area contributed by atoms with Crippen molar-refractivity contribution in [3.05, 3.63) is 28.7 Å². The van der Waals surface area contributed by atoms with Gasteiger partial charge in [-0.25, -0.2) is 0 Å². The van der Waals surface area contributed by atoms with E-state index in [1.54, 1.807) is 0 Å². The molecule has 0 amide bonds. The number of benzene rings is 1. The van der Waals surface area contributed by atoms with Crippen LogP contribution in [0.25, 0.3) is 0 Å². The van der Waals surface area contributed by atoms with Crippen LogP contribution >= 0.6 is 27.7 Å². The molecule has 1 aliphatic rings. The molecule has 0 radical (unpaired) electrons. The standard InChI is InChI=1S/C16H21BrN4OS/c1-13-11-21(16(23-2)19-12-18)8-7-20(13)9-10-22-15-5-3-14(17)4-6-15/h3-6,13H,7-11H2,1-2H3. The van der Waals surface area contributed by atoms with Gasteiger partial charge in [0.05, 0.1) is 0 Å². The highest BCUT2D eigenvalue weighted by molar-refractivity contribution is 9.10. The van der Waals surface area contributed by atoms with Gasteiger partial charge in [-0.15, -0.1) is 4.99 Å². The maximum atomic E-state index is 8.75. The van der Waals surface area contributed by atoms with E-state index < -0.39 is 0 Å². The van der Waals surface area contributed by atoms with Gasteiger partial charge < -0.3 is 9.64 Å². The van der Waals surface area contributed by atoms with Crippen molar-refractivity contribution in [1.82, 2.24) is 9.80 Å². The Kier molecular flexibility index (Phi) is 7.21. The van der Waals surface area contributed by atoms with Crippen LogP contribution in [0.4, 0.5) is 0 Å². The van der Waals surface area contributed by atoms with Crippen molar-refractivity contribution < 1.29 is 4.74 Å². The summed E-state index contributed by atoms with van der Waals surface area (Å²) in [5.41, 5.74) is 0. The lowest BCUT2D eigenvalue weighted by Gasteiger charge is -2.40. The summed E-state index contributed by atoms with van der Waals surface area (Å²) in [7, 11) is 0. The van der Waals surface area contributed by atoms with Gasteiger partial charge >= 0.3 is 0 Å². The summed E-state index contributed by atoms with van der Waals surface area (Å²) in [4.78, 5) is 8.50. The van der Waals surface area contributed by atoms with Crippen LogP contribution in [0.1, 0.15) is 6.92 Å². The fourth-order valence-corrected chi connectivity index (χ4v) is 3.42. The Morgan fingerprint density at radius 3 is 2.78 bits per heavy atom. The van der Waals surface area contributed by atoms with Crippen molar-refractivity contribution >= 4 is 32.9 Å². The summed E-state index contributed by atoms with van der Waals surface area (Å²) in [6.45, 7) is 6.51. The van der Waals surface area contributed by atoms with Crippen LogP contribution in [0.3, 0.4) is 0 Å². The van der Waals surface area contributed by atoms with Crippen molar-refractivity contribution in [3.8, 4) is 11.9 Å². The Hall–Kier alpha value is -1.23. The molecule has 0 aromatic heterocycles. The van der Waals surface area contributed by atoms with Crippen LogP contribution in [-0.2, 0) is 0 Å². The first-order chi connectivity index (χ1) is 11.1. The molecule has 1 heterocycles. The normalized spacial score (nSPS) is 19.5. The van der Waals surface area contributed by atoms with E-state index in [-0.39, 0.29) is 0 Å². The van der Waals surface area contributed by atoms with Crippen LogP contribution in [0.2, 0.25) is 0 Å². The molecule has 2 rings (SSSR count). The maximum absolute atomic E-state index is 8.75. The SMILES string of the molecule is CSC(=NC#N)N1CCN(CCOc2ccc(Br)cc2)C(C)C1. The molecule has 0 N–H and O–H groups in total. The molecule has 5 nitrogen and oxygen atoms in total. The second-order valence-corrected chi connectivity index (χ2v) is 7.02. The molecule has 1 aromatic carbocycles. The van der Waals surface area contributed by atoms with Gasteiger partial charge in [-0.2, -0.15) is 5.26 Å². The molecule has 1 atom stereocenters. The number of ether oxygens (including phenoxy) is 1. The van der Waals surface area contributed by atoms with Crippen molar-refractivity contribution in [3.63, 3.8) is 0 Å². The van der Waals surface area contributed by atoms with Crippen LogP contribution in [0.5, 0.6) is 5.75 Å². The third-order valence-corrected chi connectivity index (χ3v) is 5.07. The van der Waals surface area contributed by atoms with Gasteiger partial charge in [-0.05, 0) is 37.4 Å². The molecule has 124 valence electrons. The zero-order chi connectivity index (χ0) is 16.7. The van der Waals surface area contributed by atoms with Gasteiger partial charge in [0, 0.05) is 36.7 Å². The van der Waals surface area contributed by atoms with Gasteiger partial charge in [0.15, 0.2) is 5.17 Å². The molecule has 1 saturated heterocycles. The number of nitrogens with zero attached hydrogens (tertiary/aromatic N) is 4. The van der Waals surface area contributed by atoms with Crippen molar-refractivity contribution in [2.24, 2.45) is 4.99 Å². The Morgan fingerprint density at radius 1 is 1.43 bits per heavy atom. The first kappa shape index (κ1) is 18.1. The van der Waals surface area contributed by atoms with E-state index in [2.05, 4.69) is 37.6 Å². The zero-order valence-corrected chi connectivity index (χ0v) is 15.8. The van der Waals surface area contributed by atoms with E-state index in [9.17, 15) is 0 Å². The smallest absolute Gasteiger partial charge is 0.208 e. The van der Waals surface area contributed by atoms with Crippen LogP contribution in [0.15, 0.2) is 33.7 Å². The number of piperazine rings is 1. The van der Waals surface area contributed by atoms with Gasteiger partial charge in [0.2, 0.25) is 6.19 Å². The lowest BCUT2D eigenvalue weighted by molar-refractivity contribution is 0.106. The van der Waals surface area contributed by atoms with E-state index in [4.69, 9.17) is 10.00 Å². The molecule has 23 heavy (non-hydrogen) atoms. The summed E-state index contributed by atoms with van der Waals surface area (Å²) in [6.07, 6.45) is 3.84. The van der Waals surface area contributed by atoms with Gasteiger partial charge in [-0.3, -0.25) is 4.90 Å². The predicted octanol–water partition coefficient (Wildman–Crippen LogP) is 3.03. The molecule has 0 bridgehead atoms. The highest BCUT2D eigenvalue weighted by Gasteiger charge is 2.25. The minimum atomic E-state index is 0.410. The van der Waals surface area contributed by atoms with Crippen LogP contribution in [-0.4, -0.2) is 60.1 Å². The minimum Gasteiger partial charge on any atom is -0.492 e. The van der Waals surface area contributed by atoms with E-state index in [1.165, 1.54) is 11.8 Å². The third kappa shape index (κ3) is 5.41. The minimum absolute atomic E-state index is 0.410. The molecule has 7 heteroatoms. The summed E-state index contributed by atoms with van der Waals surface area (Å²) in [5.74, 6) is 0.894. The number of amidine groups is 1. The van der Waals surface area contributed by atoms with E-state index in [0.29, 0.717) is 12.6 Å².